The van der Waals surface area contributed by atoms with Gasteiger partial charge < -0.3 is 19.4 Å². The smallest absolute Gasteiger partial charge is 0.414 e. The number of amides is 2. The molecule has 3 aromatic rings. The molecule has 5 rings (SSSR count). The molecule has 1 fully saturated rings. The van der Waals surface area contributed by atoms with Crippen LogP contribution < -0.4 is 10.2 Å². The molecule has 0 unspecified atom stereocenters. The van der Waals surface area contributed by atoms with Gasteiger partial charge in [0.15, 0.2) is 5.76 Å². The number of hydrogen-bond donors (Lipinski definition) is 2. The van der Waals surface area contributed by atoms with E-state index in [1.807, 2.05) is 41.3 Å². The summed E-state index contributed by atoms with van der Waals surface area (Å²) in [4.78, 5) is 27.2. The highest BCUT2D eigenvalue weighted by molar-refractivity contribution is 7.96. The van der Waals surface area contributed by atoms with Gasteiger partial charge in [-0.05, 0) is 42.3 Å². The van der Waals surface area contributed by atoms with E-state index in [4.69, 9.17) is 21.4 Å². The Balaban J connectivity index is 1.26. The molecule has 0 aliphatic carbocycles. The van der Waals surface area contributed by atoms with Gasteiger partial charge in [0.2, 0.25) is 0 Å². The first kappa shape index (κ1) is 23.4. The Morgan fingerprint density at radius 2 is 2.06 bits per heavy atom. The number of hydrogen-bond acceptors (Lipinski definition) is 5. The summed E-state index contributed by atoms with van der Waals surface area (Å²) in [5.41, 5.74) is 2.57. The maximum atomic E-state index is 15.1. The molecule has 2 aromatic carbocycles. The number of nitrogens with one attached hydrogen (secondary N) is 1. The molecule has 2 aliphatic rings. The molecule has 2 aliphatic heterocycles. The number of thiocarbonyl (C=S) groups is 1. The topological polar surface area (TPSA) is 75.0 Å². The van der Waals surface area contributed by atoms with Crippen LogP contribution in [0.2, 0.25) is 0 Å². The summed E-state index contributed by atoms with van der Waals surface area (Å²) in [7, 11) is 0. The molecule has 3 heterocycles. The summed E-state index contributed by atoms with van der Waals surface area (Å²) >= 11 is 9.28. The molecule has 0 bridgehead atoms. The van der Waals surface area contributed by atoms with Crippen LogP contribution in [-0.4, -0.2) is 53.5 Å². The lowest BCUT2D eigenvalue weighted by atomic mass is 9.98. The third-order valence-corrected chi connectivity index (χ3v) is 6.72. The lowest BCUT2D eigenvalue weighted by Crippen LogP contribution is -2.33. The third kappa shape index (κ3) is 4.89. The van der Waals surface area contributed by atoms with E-state index >= 15 is 4.39 Å². The molecule has 7 nitrogen and oxygen atoms in total. The fourth-order valence-electron chi connectivity index (χ4n) is 4.31. The van der Waals surface area contributed by atoms with Crippen LogP contribution in [0.25, 0.3) is 16.5 Å². The number of nitrogens with zero attached hydrogens (tertiary/aromatic N) is 2. The molecule has 180 valence electrons. The number of carbonyl (C=O) groups excluding carboxylic acids is 2. The van der Waals surface area contributed by atoms with E-state index < -0.39 is 23.3 Å². The van der Waals surface area contributed by atoms with Crippen molar-refractivity contribution in [3.63, 3.8) is 0 Å². The molecule has 10 heteroatoms. The quantitative estimate of drug-likeness (QED) is 0.371. The maximum Gasteiger partial charge on any atom is 0.414 e. The monoisotopic (exact) mass is 511 g/mol. The second-order valence-corrected chi connectivity index (χ2v) is 9.14. The number of carbonyl (C=O) groups is 2. The number of ether oxygens (including phenoxy) is 1. The van der Waals surface area contributed by atoms with Gasteiger partial charge in [0.05, 0.1) is 18.8 Å². The van der Waals surface area contributed by atoms with Gasteiger partial charge in [-0.25, -0.2) is 9.18 Å². The van der Waals surface area contributed by atoms with E-state index in [1.165, 1.54) is 11.0 Å². The van der Waals surface area contributed by atoms with E-state index in [2.05, 4.69) is 17.9 Å². The summed E-state index contributed by atoms with van der Waals surface area (Å²) in [5.74, 6) is 0.236. The highest BCUT2D eigenvalue weighted by Gasteiger charge is 2.33. The highest BCUT2D eigenvalue weighted by atomic mass is 32.1. The molecule has 1 aromatic heterocycles. The Kier molecular flexibility index (Phi) is 6.48. The average molecular weight is 512 g/mol. The molecule has 35 heavy (non-hydrogen) atoms. The largest absolute Gasteiger partial charge is 0.454 e. The molecule has 1 atom stereocenters. The van der Waals surface area contributed by atoms with Gasteiger partial charge in [0, 0.05) is 24.0 Å². The zero-order valence-electron chi connectivity index (χ0n) is 18.6. The van der Waals surface area contributed by atoms with Crippen LogP contribution in [0.1, 0.15) is 17.7 Å². The van der Waals surface area contributed by atoms with Crippen LogP contribution in [0.4, 0.5) is 19.7 Å². The van der Waals surface area contributed by atoms with Gasteiger partial charge in [-0.1, -0.05) is 49.1 Å². The first-order chi connectivity index (χ1) is 16.9. The maximum absolute atomic E-state index is 15.1. The van der Waals surface area contributed by atoms with Crippen molar-refractivity contribution in [3.05, 3.63) is 71.7 Å². The van der Waals surface area contributed by atoms with E-state index in [0.29, 0.717) is 41.5 Å². The lowest BCUT2D eigenvalue weighted by molar-refractivity contribution is 0.141. The number of fused-ring (bicyclic) bond motifs is 1. The first-order valence-corrected chi connectivity index (χ1v) is 12.0. The minimum atomic E-state index is -0.581. The SMILES string of the molecule is O=C(S)NC[C@H]1CN(c2ccc(C3=CCN(C(=S)c4cc5ccccc5o4)CC3)c(F)c2)C(=O)O1. The zero-order valence-corrected chi connectivity index (χ0v) is 20.3. The van der Waals surface area contributed by atoms with Crippen molar-refractivity contribution >= 4 is 63.4 Å². The van der Waals surface area contributed by atoms with Crippen molar-refractivity contribution in [2.75, 3.05) is 31.1 Å². The van der Waals surface area contributed by atoms with Crippen LogP contribution in [0, 0.1) is 5.82 Å². The normalized spacial score (nSPS) is 17.9. The number of para-hydroxylation sites is 1. The number of rotatable bonds is 5. The number of cyclic esters (lactones) is 1. The van der Waals surface area contributed by atoms with Crippen molar-refractivity contribution in [1.82, 2.24) is 10.2 Å². The minimum absolute atomic E-state index is 0.143. The summed E-state index contributed by atoms with van der Waals surface area (Å²) in [6.07, 6.45) is 1.48. The van der Waals surface area contributed by atoms with Crippen molar-refractivity contribution in [2.24, 2.45) is 0 Å². The van der Waals surface area contributed by atoms with Gasteiger partial charge in [0.1, 0.15) is 22.5 Å². The molecule has 0 spiro atoms. The predicted octanol–water partition coefficient (Wildman–Crippen LogP) is 5.00. The van der Waals surface area contributed by atoms with Crippen molar-refractivity contribution < 1.29 is 23.1 Å². The minimum Gasteiger partial charge on any atom is -0.454 e. The Hall–Kier alpha value is -3.37. The van der Waals surface area contributed by atoms with Crippen molar-refractivity contribution in [2.45, 2.75) is 12.5 Å². The first-order valence-electron chi connectivity index (χ1n) is 11.1. The Labute approximate surface area is 211 Å². The third-order valence-electron chi connectivity index (χ3n) is 6.10. The van der Waals surface area contributed by atoms with Gasteiger partial charge in [-0.2, -0.15) is 0 Å². The highest BCUT2D eigenvalue weighted by Crippen LogP contribution is 2.30. The van der Waals surface area contributed by atoms with Crippen LogP contribution in [-0.2, 0) is 4.74 Å². The fraction of sp³-hybridized carbons (Fsp3) is 0.240. The summed E-state index contributed by atoms with van der Waals surface area (Å²) in [6.45, 7) is 1.54. The second kappa shape index (κ2) is 9.71. The average Bonchev–Trinajstić information content (AvgIpc) is 3.46. The number of thiol groups is 1. The zero-order chi connectivity index (χ0) is 24.5. The van der Waals surface area contributed by atoms with Gasteiger partial charge in [-0.15, -0.1) is 0 Å². The molecule has 1 N–H and O–H groups in total. The molecule has 0 radical (unpaired) electrons. The van der Waals surface area contributed by atoms with Gasteiger partial charge in [0.25, 0.3) is 5.24 Å². The summed E-state index contributed by atoms with van der Waals surface area (Å²) in [5, 5.41) is 2.99. The summed E-state index contributed by atoms with van der Waals surface area (Å²) < 4.78 is 26.2. The van der Waals surface area contributed by atoms with E-state index in [1.54, 1.807) is 12.1 Å². The van der Waals surface area contributed by atoms with Crippen LogP contribution in [0.3, 0.4) is 0 Å². The second-order valence-electron chi connectivity index (χ2n) is 8.35. The predicted molar refractivity (Wildman–Crippen MR) is 138 cm³/mol. The Bertz CT molecular complexity index is 1320. The lowest BCUT2D eigenvalue weighted by Gasteiger charge is -2.28. The summed E-state index contributed by atoms with van der Waals surface area (Å²) in [6, 6.07) is 14.4. The van der Waals surface area contributed by atoms with E-state index in [-0.39, 0.29) is 13.1 Å². The molecular weight excluding hydrogens is 489 g/mol. The number of halogens is 1. The van der Waals surface area contributed by atoms with Crippen LogP contribution >= 0.6 is 24.8 Å². The Morgan fingerprint density at radius 1 is 1.23 bits per heavy atom. The number of furan rings is 1. The van der Waals surface area contributed by atoms with Gasteiger partial charge >= 0.3 is 6.09 Å². The molecule has 1 saturated heterocycles. The molecule has 2 amide bonds. The number of benzene rings is 2. The van der Waals surface area contributed by atoms with Crippen LogP contribution in [0.15, 0.2) is 59.0 Å². The van der Waals surface area contributed by atoms with Crippen molar-refractivity contribution in [1.29, 1.82) is 0 Å². The molecular formula is C25H22FN3O4S2. The van der Waals surface area contributed by atoms with E-state index in [0.717, 1.165) is 16.5 Å². The van der Waals surface area contributed by atoms with Gasteiger partial charge in [-0.3, -0.25) is 9.69 Å². The van der Waals surface area contributed by atoms with Crippen LogP contribution in [0.5, 0.6) is 0 Å². The fourth-order valence-corrected chi connectivity index (χ4v) is 4.67. The molecule has 0 saturated carbocycles. The number of anilines is 1. The van der Waals surface area contributed by atoms with Crippen molar-refractivity contribution in [3.8, 4) is 0 Å². The standard InChI is InChI=1S/C25H22FN3O4S2/c26-20-12-17(29-14-18(32-25(29)31)13-27-24(30)35)5-6-19(20)15-7-9-28(10-8-15)23(34)22-11-16-3-1-2-4-21(16)33-22/h1-7,11-12,18H,8-10,13-14H2,(H2,27,30,35)/t18-/m0/s1. The Morgan fingerprint density at radius 3 is 2.77 bits per heavy atom. The van der Waals surface area contributed by atoms with E-state index in [9.17, 15) is 9.59 Å².